The van der Waals surface area contributed by atoms with Crippen molar-refractivity contribution in [2.45, 2.75) is 13.0 Å². The van der Waals surface area contributed by atoms with Gasteiger partial charge >= 0.3 is 0 Å². The van der Waals surface area contributed by atoms with Gasteiger partial charge in [-0.2, -0.15) is 0 Å². The van der Waals surface area contributed by atoms with Gasteiger partial charge in [0.15, 0.2) is 0 Å². The van der Waals surface area contributed by atoms with Crippen LogP contribution in [0.2, 0.25) is 5.02 Å². The molecule has 0 saturated heterocycles. The second kappa shape index (κ2) is 6.08. The van der Waals surface area contributed by atoms with Gasteiger partial charge in [0.25, 0.3) is 5.91 Å². The van der Waals surface area contributed by atoms with Crippen molar-refractivity contribution < 1.29 is 13.9 Å². The number of amides is 1. The minimum Gasteiger partial charge on any atom is -0.497 e. The van der Waals surface area contributed by atoms with Gasteiger partial charge in [0.05, 0.1) is 17.7 Å². The number of nitrogens with one attached hydrogen (secondary N) is 1. The lowest BCUT2D eigenvalue weighted by molar-refractivity contribution is 0.0730. The van der Waals surface area contributed by atoms with Gasteiger partial charge in [-0.1, -0.05) is 17.7 Å². The van der Waals surface area contributed by atoms with Crippen LogP contribution in [0.25, 0.3) is 10.9 Å². The first kappa shape index (κ1) is 16.0. The molecule has 1 aromatic heterocycles. The normalized spacial score (nSPS) is 13.8. The van der Waals surface area contributed by atoms with E-state index in [1.807, 2.05) is 18.2 Å². The average molecular weight is 359 g/mol. The van der Waals surface area contributed by atoms with Crippen LogP contribution >= 0.6 is 11.6 Å². The summed E-state index contributed by atoms with van der Waals surface area (Å²) in [6.45, 7) is 0.923. The predicted molar refractivity (Wildman–Crippen MR) is 94.7 cm³/mol. The number of hydrogen-bond donors (Lipinski definition) is 1. The fourth-order valence-electron chi connectivity index (χ4n) is 3.35. The Balaban J connectivity index is 1.72. The van der Waals surface area contributed by atoms with Crippen molar-refractivity contribution in [1.29, 1.82) is 0 Å². The Bertz CT molecular complexity index is 963. The van der Waals surface area contributed by atoms with Crippen LogP contribution in [0.15, 0.2) is 36.4 Å². The maximum atomic E-state index is 14.1. The van der Waals surface area contributed by atoms with E-state index in [1.165, 1.54) is 18.2 Å². The summed E-state index contributed by atoms with van der Waals surface area (Å²) in [4.78, 5) is 17.8. The van der Waals surface area contributed by atoms with Crippen molar-refractivity contribution in [3.63, 3.8) is 0 Å². The van der Waals surface area contributed by atoms with Crippen molar-refractivity contribution >= 4 is 28.4 Å². The summed E-state index contributed by atoms with van der Waals surface area (Å²) in [6, 6.07) is 10.1. The third-order valence-electron chi connectivity index (χ3n) is 4.65. The zero-order chi connectivity index (χ0) is 17.6. The first-order valence-corrected chi connectivity index (χ1v) is 8.37. The summed E-state index contributed by atoms with van der Waals surface area (Å²) in [5.41, 5.74) is 3.09. The van der Waals surface area contributed by atoms with Gasteiger partial charge in [-0.25, -0.2) is 4.39 Å². The Morgan fingerprint density at radius 2 is 2.16 bits per heavy atom. The quantitative estimate of drug-likeness (QED) is 0.747. The van der Waals surface area contributed by atoms with Crippen LogP contribution in [0.5, 0.6) is 5.75 Å². The molecular weight excluding hydrogens is 343 g/mol. The molecule has 1 N–H and O–H groups in total. The Morgan fingerprint density at radius 1 is 1.32 bits per heavy atom. The molecule has 1 aliphatic heterocycles. The third kappa shape index (κ3) is 2.65. The van der Waals surface area contributed by atoms with Crippen LogP contribution in [0.1, 0.15) is 21.6 Å². The van der Waals surface area contributed by atoms with Gasteiger partial charge in [0.1, 0.15) is 11.6 Å². The number of aromatic amines is 1. The molecule has 4 nitrogen and oxygen atoms in total. The number of nitrogens with zero attached hydrogens (tertiary/aromatic N) is 1. The SMILES string of the molecule is COc1ccc2[nH]c3c(c2c1)CN(C(=O)c1c(F)cccc1Cl)CC3. The zero-order valence-electron chi connectivity index (χ0n) is 13.6. The zero-order valence-corrected chi connectivity index (χ0v) is 14.4. The number of methoxy groups -OCH3 is 1. The minimum absolute atomic E-state index is 0.0648. The lowest BCUT2D eigenvalue weighted by atomic mass is 10.0. The lowest BCUT2D eigenvalue weighted by Crippen LogP contribution is -2.36. The van der Waals surface area contributed by atoms with Gasteiger partial charge in [0, 0.05) is 41.7 Å². The van der Waals surface area contributed by atoms with Crippen LogP contribution in [0, 0.1) is 5.82 Å². The third-order valence-corrected chi connectivity index (χ3v) is 4.96. The molecule has 0 aliphatic carbocycles. The molecule has 2 heterocycles. The van der Waals surface area contributed by atoms with Crippen LogP contribution in [-0.2, 0) is 13.0 Å². The molecule has 4 rings (SSSR count). The highest BCUT2D eigenvalue weighted by Crippen LogP contribution is 2.31. The van der Waals surface area contributed by atoms with Crippen molar-refractivity contribution in [2.24, 2.45) is 0 Å². The van der Waals surface area contributed by atoms with E-state index in [2.05, 4.69) is 4.98 Å². The number of benzene rings is 2. The van der Waals surface area contributed by atoms with E-state index in [1.54, 1.807) is 12.0 Å². The smallest absolute Gasteiger partial charge is 0.258 e. The molecule has 3 aromatic rings. The number of fused-ring (bicyclic) bond motifs is 3. The Hall–Kier alpha value is -2.53. The van der Waals surface area contributed by atoms with Gasteiger partial charge in [-0.05, 0) is 30.3 Å². The van der Waals surface area contributed by atoms with E-state index >= 15 is 0 Å². The summed E-state index contributed by atoms with van der Waals surface area (Å²) in [7, 11) is 1.62. The lowest BCUT2D eigenvalue weighted by Gasteiger charge is -2.27. The van der Waals surface area contributed by atoms with E-state index in [4.69, 9.17) is 16.3 Å². The van der Waals surface area contributed by atoms with Crippen LogP contribution in [0.4, 0.5) is 4.39 Å². The maximum Gasteiger partial charge on any atom is 0.258 e. The van der Waals surface area contributed by atoms with E-state index < -0.39 is 5.82 Å². The molecule has 0 saturated carbocycles. The molecule has 1 amide bonds. The van der Waals surface area contributed by atoms with Gasteiger partial charge in [0.2, 0.25) is 0 Å². The first-order chi connectivity index (χ1) is 12.1. The highest BCUT2D eigenvalue weighted by atomic mass is 35.5. The fourth-order valence-corrected chi connectivity index (χ4v) is 3.60. The molecule has 0 radical (unpaired) electrons. The minimum atomic E-state index is -0.594. The van der Waals surface area contributed by atoms with Gasteiger partial charge in [-0.3, -0.25) is 4.79 Å². The Kier molecular flexibility index (Phi) is 3.88. The summed E-state index contributed by atoms with van der Waals surface area (Å²) >= 11 is 6.05. The van der Waals surface area contributed by atoms with Crippen molar-refractivity contribution in [1.82, 2.24) is 9.88 Å². The number of carbonyl (C=O) groups is 1. The summed E-state index contributed by atoms with van der Waals surface area (Å²) in [6.07, 6.45) is 0.685. The monoisotopic (exact) mass is 358 g/mol. The number of H-pyrrole nitrogens is 1. The number of hydrogen-bond acceptors (Lipinski definition) is 2. The van der Waals surface area contributed by atoms with E-state index in [-0.39, 0.29) is 16.5 Å². The van der Waals surface area contributed by atoms with Crippen LogP contribution in [0.3, 0.4) is 0 Å². The molecule has 6 heteroatoms. The molecule has 0 atom stereocenters. The molecule has 128 valence electrons. The summed E-state index contributed by atoms with van der Waals surface area (Å²) in [5, 5.41) is 1.16. The number of aromatic nitrogens is 1. The second-order valence-corrected chi connectivity index (χ2v) is 6.47. The number of ether oxygens (including phenoxy) is 1. The van der Waals surface area contributed by atoms with Crippen molar-refractivity contribution in [3.8, 4) is 5.75 Å². The predicted octanol–water partition coefficient (Wildman–Crippen LogP) is 4.17. The first-order valence-electron chi connectivity index (χ1n) is 7.99. The number of rotatable bonds is 2. The Morgan fingerprint density at radius 3 is 2.92 bits per heavy atom. The highest BCUT2D eigenvalue weighted by molar-refractivity contribution is 6.33. The van der Waals surface area contributed by atoms with Crippen LogP contribution < -0.4 is 4.74 Å². The summed E-state index contributed by atoms with van der Waals surface area (Å²) < 4.78 is 19.4. The molecule has 0 fully saturated rings. The van der Waals surface area contributed by atoms with Gasteiger partial charge in [-0.15, -0.1) is 0 Å². The van der Waals surface area contributed by atoms with E-state index in [0.717, 1.165) is 27.9 Å². The topological polar surface area (TPSA) is 45.3 Å². The molecule has 0 unspecified atom stereocenters. The average Bonchev–Trinajstić information content (AvgIpc) is 2.98. The maximum absolute atomic E-state index is 14.1. The molecular formula is C19H16ClFN2O2. The van der Waals surface area contributed by atoms with Crippen molar-refractivity contribution in [2.75, 3.05) is 13.7 Å². The van der Waals surface area contributed by atoms with Gasteiger partial charge < -0.3 is 14.6 Å². The number of halogens is 2. The molecule has 0 bridgehead atoms. The van der Waals surface area contributed by atoms with Crippen LogP contribution in [-0.4, -0.2) is 29.4 Å². The summed E-state index contributed by atoms with van der Waals surface area (Å²) in [5.74, 6) is -0.218. The highest BCUT2D eigenvalue weighted by Gasteiger charge is 2.27. The standard InChI is InChI=1S/C19H16ClFN2O2/c1-25-11-5-6-16-12(9-11)13-10-23(8-7-17(13)22-16)19(24)18-14(20)3-2-4-15(18)21/h2-6,9,22H,7-8,10H2,1H3. The second-order valence-electron chi connectivity index (χ2n) is 6.07. The molecule has 2 aromatic carbocycles. The fraction of sp³-hybridized carbons (Fsp3) is 0.211. The van der Waals surface area contributed by atoms with E-state index in [9.17, 15) is 9.18 Å². The molecule has 25 heavy (non-hydrogen) atoms. The number of carbonyl (C=O) groups excluding carboxylic acids is 1. The molecule has 0 spiro atoms. The van der Waals surface area contributed by atoms with E-state index in [0.29, 0.717) is 19.5 Å². The van der Waals surface area contributed by atoms with Crippen molar-refractivity contribution in [3.05, 3.63) is 64.1 Å². The Labute approximate surface area is 149 Å². The molecule has 1 aliphatic rings. The largest absolute Gasteiger partial charge is 0.497 e.